The molecule has 0 aromatic carbocycles. The maximum atomic E-state index is 9.82. The highest BCUT2D eigenvalue weighted by atomic mass is 16.3. The molecule has 0 spiro atoms. The van der Waals surface area contributed by atoms with Gasteiger partial charge in [0.25, 0.3) is 0 Å². The average molecular weight is 278 g/mol. The maximum Gasteiger partial charge on any atom is 0.0880 e. The van der Waals surface area contributed by atoms with Crippen molar-refractivity contribution in [2.45, 2.75) is 79.6 Å². The van der Waals surface area contributed by atoms with E-state index in [9.17, 15) is 5.11 Å². The van der Waals surface area contributed by atoms with E-state index in [2.05, 4.69) is 27.7 Å². The van der Waals surface area contributed by atoms with E-state index >= 15 is 0 Å². The van der Waals surface area contributed by atoms with Crippen LogP contribution in [0.25, 0.3) is 0 Å². The minimum absolute atomic E-state index is 0.493. The van der Waals surface area contributed by atoms with Crippen molar-refractivity contribution in [3.63, 3.8) is 0 Å². The van der Waals surface area contributed by atoms with E-state index in [-0.39, 0.29) is 0 Å². The molecular formula is C19H34O. The van der Waals surface area contributed by atoms with E-state index in [1.54, 1.807) is 0 Å². The fourth-order valence-electron chi connectivity index (χ4n) is 5.67. The molecule has 0 bridgehead atoms. The highest BCUT2D eigenvalue weighted by Gasteiger charge is 2.53. The summed E-state index contributed by atoms with van der Waals surface area (Å²) >= 11 is 0. The number of hydrogen-bond donors (Lipinski definition) is 1. The molecule has 0 radical (unpaired) electrons. The SMILES string of the molecule is C/C=C(\O)CCC1C(C)CCC2C(C)(C)CCCC12C. The Morgan fingerprint density at radius 2 is 1.90 bits per heavy atom. The second kappa shape index (κ2) is 5.73. The third kappa shape index (κ3) is 2.78. The Hall–Kier alpha value is -0.460. The molecule has 1 N–H and O–H groups in total. The van der Waals surface area contributed by atoms with E-state index in [0.717, 1.165) is 24.2 Å². The molecule has 0 amide bonds. The summed E-state index contributed by atoms with van der Waals surface area (Å²) in [5.74, 6) is 3.05. The van der Waals surface area contributed by atoms with Gasteiger partial charge in [-0.1, -0.05) is 40.5 Å². The third-order valence-corrected chi connectivity index (χ3v) is 6.77. The van der Waals surface area contributed by atoms with Gasteiger partial charge in [0.2, 0.25) is 0 Å². The minimum Gasteiger partial charge on any atom is -0.513 e. The Labute approximate surface area is 125 Å². The van der Waals surface area contributed by atoms with Gasteiger partial charge in [-0.25, -0.2) is 0 Å². The molecule has 4 unspecified atom stereocenters. The van der Waals surface area contributed by atoms with Gasteiger partial charge in [-0.15, -0.1) is 0 Å². The molecule has 0 heterocycles. The fraction of sp³-hybridized carbons (Fsp3) is 0.895. The van der Waals surface area contributed by atoms with E-state index in [4.69, 9.17) is 0 Å². The summed E-state index contributed by atoms with van der Waals surface area (Å²) in [4.78, 5) is 0. The van der Waals surface area contributed by atoms with Crippen LogP contribution in [0.2, 0.25) is 0 Å². The van der Waals surface area contributed by atoms with Crippen molar-refractivity contribution in [2.24, 2.45) is 28.6 Å². The average Bonchev–Trinajstić information content (AvgIpc) is 2.36. The zero-order valence-corrected chi connectivity index (χ0v) is 14.2. The molecule has 0 aliphatic heterocycles. The molecule has 0 saturated heterocycles. The summed E-state index contributed by atoms with van der Waals surface area (Å²) in [7, 11) is 0. The highest BCUT2D eigenvalue weighted by Crippen LogP contribution is 2.62. The molecule has 0 aromatic heterocycles. The zero-order chi connectivity index (χ0) is 15.0. The lowest BCUT2D eigenvalue weighted by Gasteiger charge is -2.59. The smallest absolute Gasteiger partial charge is 0.0880 e. The molecule has 1 heteroatoms. The lowest BCUT2D eigenvalue weighted by atomic mass is 9.46. The summed E-state index contributed by atoms with van der Waals surface area (Å²) in [6.45, 7) is 11.9. The Kier molecular flexibility index (Phi) is 4.56. The molecular weight excluding hydrogens is 244 g/mol. The van der Waals surface area contributed by atoms with Crippen molar-refractivity contribution in [2.75, 3.05) is 0 Å². The van der Waals surface area contributed by atoms with E-state index < -0.39 is 0 Å². The number of hydrogen-bond acceptors (Lipinski definition) is 1. The second-order valence-corrected chi connectivity index (χ2v) is 8.38. The summed E-state index contributed by atoms with van der Waals surface area (Å²) in [5, 5.41) is 9.82. The third-order valence-electron chi connectivity index (χ3n) is 6.77. The normalized spacial score (nSPS) is 41.2. The number of aliphatic hydroxyl groups excluding tert-OH is 1. The van der Waals surface area contributed by atoms with E-state index in [1.807, 2.05) is 13.0 Å². The molecule has 2 rings (SSSR count). The topological polar surface area (TPSA) is 20.2 Å². The molecule has 0 aromatic rings. The lowest BCUT2D eigenvalue weighted by molar-refractivity contribution is -0.0961. The van der Waals surface area contributed by atoms with Crippen molar-refractivity contribution in [3.8, 4) is 0 Å². The first-order valence-electron chi connectivity index (χ1n) is 8.65. The molecule has 20 heavy (non-hydrogen) atoms. The fourth-order valence-corrected chi connectivity index (χ4v) is 5.67. The van der Waals surface area contributed by atoms with Crippen molar-refractivity contribution in [1.82, 2.24) is 0 Å². The Balaban J connectivity index is 2.19. The molecule has 2 fully saturated rings. The summed E-state index contributed by atoms with van der Waals surface area (Å²) in [6, 6.07) is 0. The summed E-state index contributed by atoms with van der Waals surface area (Å²) in [6.07, 6.45) is 10.9. The van der Waals surface area contributed by atoms with Crippen LogP contribution in [0, 0.1) is 28.6 Å². The molecule has 2 aliphatic rings. The van der Waals surface area contributed by atoms with Gasteiger partial charge in [-0.2, -0.15) is 0 Å². The van der Waals surface area contributed by atoms with Crippen LogP contribution in [0.5, 0.6) is 0 Å². The summed E-state index contributed by atoms with van der Waals surface area (Å²) < 4.78 is 0. The molecule has 116 valence electrons. The van der Waals surface area contributed by atoms with Gasteiger partial charge >= 0.3 is 0 Å². The van der Waals surface area contributed by atoms with Crippen molar-refractivity contribution < 1.29 is 5.11 Å². The van der Waals surface area contributed by atoms with Gasteiger partial charge in [0.15, 0.2) is 0 Å². The van der Waals surface area contributed by atoms with Gasteiger partial charge in [-0.05, 0) is 67.3 Å². The second-order valence-electron chi connectivity index (χ2n) is 8.38. The molecule has 4 atom stereocenters. The Morgan fingerprint density at radius 1 is 1.20 bits per heavy atom. The predicted octanol–water partition coefficient (Wildman–Crippen LogP) is 6.11. The van der Waals surface area contributed by atoms with Crippen LogP contribution < -0.4 is 0 Å². The van der Waals surface area contributed by atoms with Crippen LogP contribution in [0.4, 0.5) is 0 Å². The lowest BCUT2D eigenvalue weighted by Crippen LogP contribution is -2.51. The molecule has 2 saturated carbocycles. The van der Waals surface area contributed by atoms with Gasteiger partial charge < -0.3 is 5.11 Å². The van der Waals surface area contributed by atoms with Crippen molar-refractivity contribution >= 4 is 0 Å². The van der Waals surface area contributed by atoms with Crippen LogP contribution >= 0.6 is 0 Å². The van der Waals surface area contributed by atoms with Crippen molar-refractivity contribution in [3.05, 3.63) is 11.8 Å². The number of aliphatic hydroxyl groups is 1. The number of rotatable bonds is 3. The maximum absolute atomic E-state index is 9.82. The number of fused-ring (bicyclic) bond motifs is 1. The number of allylic oxidation sites excluding steroid dienone is 2. The zero-order valence-electron chi connectivity index (χ0n) is 14.2. The van der Waals surface area contributed by atoms with Crippen LogP contribution in [0.15, 0.2) is 11.8 Å². The first-order valence-corrected chi connectivity index (χ1v) is 8.65. The highest BCUT2D eigenvalue weighted by molar-refractivity contribution is 5.03. The Morgan fingerprint density at radius 3 is 2.55 bits per heavy atom. The molecule has 2 aliphatic carbocycles. The van der Waals surface area contributed by atoms with Crippen LogP contribution in [0.3, 0.4) is 0 Å². The minimum atomic E-state index is 0.493. The largest absolute Gasteiger partial charge is 0.513 e. The summed E-state index contributed by atoms with van der Waals surface area (Å²) in [5.41, 5.74) is 1.00. The van der Waals surface area contributed by atoms with Crippen molar-refractivity contribution in [1.29, 1.82) is 0 Å². The van der Waals surface area contributed by atoms with Gasteiger partial charge in [0, 0.05) is 6.42 Å². The van der Waals surface area contributed by atoms with Crippen LogP contribution in [-0.4, -0.2) is 5.11 Å². The standard InChI is InChI=1S/C19H34O/c1-6-15(20)9-10-16-14(2)8-11-17-18(3,4)12-7-13-19(16,17)5/h6,14,16-17,20H,7-13H2,1-5H3/b15-6-. The van der Waals surface area contributed by atoms with Gasteiger partial charge in [0.1, 0.15) is 0 Å². The quantitative estimate of drug-likeness (QED) is 0.618. The van der Waals surface area contributed by atoms with E-state index in [0.29, 0.717) is 16.6 Å². The Bertz CT molecular complexity index is 368. The first kappa shape index (κ1) is 15.9. The van der Waals surface area contributed by atoms with Crippen LogP contribution in [-0.2, 0) is 0 Å². The van der Waals surface area contributed by atoms with Crippen LogP contribution in [0.1, 0.15) is 79.6 Å². The van der Waals surface area contributed by atoms with E-state index in [1.165, 1.54) is 38.5 Å². The van der Waals surface area contributed by atoms with Gasteiger partial charge in [-0.3, -0.25) is 0 Å². The monoisotopic (exact) mass is 278 g/mol. The first-order chi connectivity index (χ1) is 9.31. The predicted molar refractivity (Wildman–Crippen MR) is 86.7 cm³/mol. The van der Waals surface area contributed by atoms with Gasteiger partial charge in [0.05, 0.1) is 5.76 Å². The molecule has 1 nitrogen and oxygen atoms in total.